The molecule has 1 aliphatic rings. The van der Waals surface area contributed by atoms with Crippen LogP contribution in [0, 0.1) is 5.41 Å². The van der Waals surface area contributed by atoms with Crippen LogP contribution in [0.3, 0.4) is 0 Å². The van der Waals surface area contributed by atoms with Crippen molar-refractivity contribution in [2.45, 2.75) is 71.3 Å². The molecule has 0 spiro atoms. The lowest BCUT2D eigenvalue weighted by atomic mass is 9.69. The van der Waals surface area contributed by atoms with E-state index >= 15 is 0 Å². The first kappa shape index (κ1) is 13.5. The Hall–Kier alpha value is -0.900. The van der Waals surface area contributed by atoms with Crippen molar-refractivity contribution < 1.29 is 4.52 Å². The van der Waals surface area contributed by atoms with Gasteiger partial charge in [0.25, 0.3) is 0 Å². The topological polar surface area (TPSA) is 64.9 Å². The Balaban J connectivity index is 2.31. The summed E-state index contributed by atoms with van der Waals surface area (Å²) in [6, 6.07) is 0. The Morgan fingerprint density at radius 2 is 1.67 bits per heavy atom. The molecule has 1 fully saturated rings. The number of hydrogen-bond donors (Lipinski definition) is 1. The van der Waals surface area contributed by atoms with Crippen LogP contribution in [0.5, 0.6) is 0 Å². The average molecular weight is 251 g/mol. The fourth-order valence-corrected chi connectivity index (χ4v) is 2.23. The Labute approximate surface area is 109 Å². The minimum Gasteiger partial charge on any atom is -0.339 e. The van der Waals surface area contributed by atoms with Gasteiger partial charge in [-0.2, -0.15) is 4.98 Å². The van der Waals surface area contributed by atoms with Crippen molar-refractivity contribution in [1.82, 2.24) is 10.1 Å². The molecule has 0 atom stereocenters. The zero-order valence-electron chi connectivity index (χ0n) is 12.2. The maximum Gasteiger partial charge on any atom is 0.232 e. The summed E-state index contributed by atoms with van der Waals surface area (Å²) in [5.41, 5.74) is 5.90. The Morgan fingerprint density at radius 1 is 1.11 bits per heavy atom. The zero-order valence-corrected chi connectivity index (χ0v) is 12.2. The molecular formula is C14H25N3O. The van der Waals surface area contributed by atoms with Crippen molar-refractivity contribution >= 4 is 0 Å². The summed E-state index contributed by atoms with van der Waals surface area (Å²) in [5, 5.41) is 4.14. The Kier molecular flexibility index (Phi) is 3.05. The van der Waals surface area contributed by atoms with E-state index in [9.17, 15) is 0 Å². The molecule has 0 aromatic carbocycles. The van der Waals surface area contributed by atoms with Crippen LogP contribution in [0.2, 0.25) is 0 Å². The number of nitrogens with zero attached hydrogens (tertiary/aromatic N) is 2. The first-order valence-corrected chi connectivity index (χ1v) is 6.80. The quantitative estimate of drug-likeness (QED) is 0.877. The normalized spacial score (nSPS) is 20.3. The molecule has 4 nitrogen and oxygen atoms in total. The molecule has 0 unspecified atom stereocenters. The first-order chi connectivity index (χ1) is 8.17. The van der Waals surface area contributed by atoms with Crippen LogP contribution in [0.1, 0.15) is 72.0 Å². The lowest BCUT2D eigenvalue weighted by Crippen LogP contribution is -2.36. The van der Waals surface area contributed by atoms with E-state index in [2.05, 4.69) is 44.8 Å². The molecule has 0 saturated heterocycles. The van der Waals surface area contributed by atoms with Crippen molar-refractivity contribution in [3.8, 4) is 0 Å². The molecule has 1 saturated carbocycles. The second kappa shape index (κ2) is 4.05. The Bertz CT molecular complexity index is 422. The molecule has 0 aliphatic heterocycles. The van der Waals surface area contributed by atoms with Gasteiger partial charge in [-0.1, -0.05) is 52.6 Å². The molecule has 2 N–H and O–H groups in total. The van der Waals surface area contributed by atoms with Crippen molar-refractivity contribution in [2.75, 3.05) is 0 Å². The largest absolute Gasteiger partial charge is 0.339 e. The van der Waals surface area contributed by atoms with Gasteiger partial charge in [0.1, 0.15) is 0 Å². The van der Waals surface area contributed by atoms with Gasteiger partial charge >= 0.3 is 0 Å². The summed E-state index contributed by atoms with van der Waals surface area (Å²) >= 11 is 0. The van der Waals surface area contributed by atoms with E-state index < -0.39 is 0 Å². The summed E-state index contributed by atoms with van der Waals surface area (Å²) in [6.45, 7) is 10.8. The van der Waals surface area contributed by atoms with Crippen LogP contribution in [0.25, 0.3) is 0 Å². The van der Waals surface area contributed by atoms with E-state index in [1.807, 2.05) is 0 Å². The van der Waals surface area contributed by atoms with Gasteiger partial charge in [0, 0.05) is 5.41 Å². The zero-order chi connectivity index (χ0) is 13.6. The number of nitrogens with two attached hydrogens (primary N) is 1. The highest BCUT2D eigenvalue weighted by Gasteiger charge is 2.42. The molecule has 4 heteroatoms. The summed E-state index contributed by atoms with van der Waals surface area (Å²) in [6.07, 6.45) is 4.23. The van der Waals surface area contributed by atoms with Crippen molar-refractivity contribution in [1.29, 1.82) is 0 Å². The first-order valence-electron chi connectivity index (χ1n) is 6.80. The molecule has 1 aromatic rings. The lowest BCUT2D eigenvalue weighted by molar-refractivity contribution is 0.168. The molecule has 2 rings (SSSR count). The smallest absolute Gasteiger partial charge is 0.232 e. The molecule has 0 radical (unpaired) electrons. The summed E-state index contributed by atoms with van der Waals surface area (Å²) in [7, 11) is 0. The standard InChI is InChI=1S/C14H25N3O/c1-12(2,3)13(4,5)11-16-10(17-18-11)14(15)8-6-7-9-14/h6-9,15H2,1-5H3. The third kappa shape index (κ3) is 2.07. The molecular weight excluding hydrogens is 226 g/mol. The average Bonchev–Trinajstić information content (AvgIpc) is 2.84. The van der Waals surface area contributed by atoms with Crippen molar-refractivity contribution in [3.63, 3.8) is 0 Å². The molecule has 1 aliphatic carbocycles. The van der Waals surface area contributed by atoms with Gasteiger partial charge in [-0.15, -0.1) is 0 Å². The number of hydrogen-bond acceptors (Lipinski definition) is 4. The van der Waals surface area contributed by atoms with Gasteiger partial charge in [-0.25, -0.2) is 0 Å². The molecule has 18 heavy (non-hydrogen) atoms. The predicted molar refractivity (Wildman–Crippen MR) is 71.1 cm³/mol. The van der Waals surface area contributed by atoms with Crippen LogP contribution in [0.15, 0.2) is 4.52 Å². The molecule has 0 bridgehead atoms. The van der Waals surface area contributed by atoms with Gasteiger partial charge in [0.15, 0.2) is 5.82 Å². The van der Waals surface area contributed by atoms with E-state index in [0.29, 0.717) is 11.7 Å². The summed E-state index contributed by atoms with van der Waals surface area (Å²) in [4.78, 5) is 4.60. The van der Waals surface area contributed by atoms with Crippen LogP contribution < -0.4 is 5.73 Å². The highest BCUT2D eigenvalue weighted by Crippen LogP contribution is 2.41. The van der Waals surface area contributed by atoms with E-state index in [1.54, 1.807) is 0 Å². The van der Waals surface area contributed by atoms with Gasteiger partial charge < -0.3 is 10.3 Å². The molecule has 1 aromatic heterocycles. The third-order valence-electron chi connectivity index (χ3n) is 4.78. The minimum atomic E-state index is -0.365. The van der Waals surface area contributed by atoms with Gasteiger partial charge in [0.05, 0.1) is 5.54 Å². The van der Waals surface area contributed by atoms with Crippen molar-refractivity contribution in [3.05, 3.63) is 11.7 Å². The maximum absolute atomic E-state index is 6.36. The van der Waals surface area contributed by atoms with Crippen LogP contribution >= 0.6 is 0 Å². The van der Waals surface area contributed by atoms with Gasteiger partial charge in [-0.3, -0.25) is 0 Å². The lowest BCUT2D eigenvalue weighted by Gasteiger charge is -2.35. The van der Waals surface area contributed by atoms with E-state index in [0.717, 1.165) is 25.7 Å². The third-order valence-corrected chi connectivity index (χ3v) is 4.78. The fourth-order valence-electron chi connectivity index (χ4n) is 2.23. The van der Waals surface area contributed by atoms with Gasteiger partial charge in [0.2, 0.25) is 5.89 Å². The second-order valence-electron chi connectivity index (χ2n) is 7.16. The van der Waals surface area contributed by atoms with Crippen LogP contribution in [-0.2, 0) is 11.0 Å². The van der Waals surface area contributed by atoms with Crippen LogP contribution in [-0.4, -0.2) is 10.1 Å². The SMILES string of the molecule is CC(C)(C)C(C)(C)c1nc(C2(N)CCCC2)no1. The van der Waals surface area contributed by atoms with Crippen molar-refractivity contribution in [2.24, 2.45) is 11.1 Å². The fraction of sp³-hybridized carbons (Fsp3) is 0.857. The molecule has 1 heterocycles. The molecule has 0 amide bonds. The number of rotatable bonds is 2. The number of aromatic nitrogens is 2. The minimum absolute atomic E-state index is 0.0637. The monoisotopic (exact) mass is 251 g/mol. The highest BCUT2D eigenvalue weighted by atomic mass is 16.5. The van der Waals surface area contributed by atoms with E-state index in [1.165, 1.54) is 0 Å². The van der Waals surface area contributed by atoms with E-state index in [4.69, 9.17) is 10.3 Å². The summed E-state index contributed by atoms with van der Waals surface area (Å²) in [5.74, 6) is 1.38. The molecule has 102 valence electrons. The summed E-state index contributed by atoms with van der Waals surface area (Å²) < 4.78 is 5.49. The van der Waals surface area contributed by atoms with Crippen LogP contribution in [0.4, 0.5) is 0 Å². The highest BCUT2D eigenvalue weighted by molar-refractivity contribution is 5.12. The maximum atomic E-state index is 6.36. The second-order valence-corrected chi connectivity index (χ2v) is 7.16. The Morgan fingerprint density at radius 3 is 2.17 bits per heavy atom. The van der Waals surface area contributed by atoms with Gasteiger partial charge in [-0.05, 0) is 18.3 Å². The predicted octanol–water partition coefficient (Wildman–Crippen LogP) is 3.12. The van der Waals surface area contributed by atoms with E-state index in [-0.39, 0.29) is 16.4 Å².